The second-order valence-corrected chi connectivity index (χ2v) is 4.17. The summed E-state index contributed by atoms with van der Waals surface area (Å²) in [6.07, 6.45) is 5.16. The van der Waals surface area contributed by atoms with Gasteiger partial charge in [0.25, 0.3) is 0 Å². The summed E-state index contributed by atoms with van der Waals surface area (Å²) in [4.78, 5) is 0. The Labute approximate surface area is 98.0 Å². The van der Waals surface area contributed by atoms with E-state index in [0.29, 0.717) is 6.54 Å². The SMILES string of the molecule is C/C=C/CCNCC(C)(O)c1ccccc1. The highest BCUT2D eigenvalue weighted by Gasteiger charge is 2.21. The van der Waals surface area contributed by atoms with Gasteiger partial charge in [0.1, 0.15) is 0 Å². The van der Waals surface area contributed by atoms with E-state index in [1.165, 1.54) is 0 Å². The van der Waals surface area contributed by atoms with Crippen LogP contribution in [0.1, 0.15) is 25.8 Å². The standard InChI is InChI=1S/C14H21NO/c1-3-4-8-11-15-12-14(2,16)13-9-6-5-7-10-13/h3-7,9-10,15-16H,8,11-12H2,1-2H3/b4-3+. The van der Waals surface area contributed by atoms with Crippen molar-refractivity contribution in [1.29, 1.82) is 0 Å². The fraction of sp³-hybridized carbons (Fsp3) is 0.429. The summed E-state index contributed by atoms with van der Waals surface area (Å²) in [5.74, 6) is 0. The Hall–Kier alpha value is -1.12. The Balaban J connectivity index is 2.40. The molecule has 0 heterocycles. The minimum absolute atomic E-state index is 0.578. The van der Waals surface area contributed by atoms with E-state index in [1.807, 2.05) is 50.3 Å². The first-order chi connectivity index (χ1) is 7.67. The molecule has 0 aliphatic carbocycles. The number of rotatable bonds is 6. The minimum atomic E-state index is -0.794. The second-order valence-electron chi connectivity index (χ2n) is 4.17. The van der Waals surface area contributed by atoms with Gasteiger partial charge in [-0.1, -0.05) is 42.5 Å². The lowest BCUT2D eigenvalue weighted by molar-refractivity contribution is 0.0573. The molecule has 2 heteroatoms. The van der Waals surface area contributed by atoms with Gasteiger partial charge in [0.05, 0.1) is 5.60 Å². The summed E-state index contributed by atoms with van der Waals surface area (Å²) in [5.41, 5.74) is 0.158. The highest BCUT2D eigenvalue weighted by Crippen LogP contribution is 2.18. The molecule has 0 aliphatic rings. The van der Waals surface area contributed by atoms with E-state index in [0.717, 1.165) is 18.5 Å². The van der Waals surface area contributed by atoms with Crippen LogP contribution >= 0.6 is 0 Å². The lowest BCUT2D eigenvalue weighted by Gasteiger charge is -2.24. The van der Waals surface area contributed by atoms with Crippen LogP contribution in [0.2, 0.25) is 0 Å². The van der Waals surface area contributed by atoms with Crippen molar-refractivity contribution in [1.82, 2.24) is 5.32 Å². The fourth-order valence-electron chi connectivity index (χ4n) is 1.58. The molecule has 1 rings (SSSR count). The van der Waals surface area contributed by atoms with Gasteiger partial charge in [-0.2, -0.15) is 0 Å². The average Bonchev–Trinajstić information content (AvgIpc) is 2.30. The molecule has 2 N–H and O–H groups in total. The molecule has 0 spiro atoms. The van der Waals surface area contributed by atoms with Crippen LogP contribution in [0.3, 0.4) is 0 Å². The van der Waals surface area contributed by atoms with E-state index < -0.39 is 5.60 Å². The zero-order chi connectivity index (χ0) is 11.9. The molecule has 0 saturated heterocycles. The highest BCUT2D eigenvalue weighted by atomic mass is 16.3. The number of allylic oxidation sites excluding steroid dienone is 1. The van der Waals surface area contributed by atoms with Crippen LogP contribution in [0, 0.1) is 0 Å². The van der Waals surface area contributed by atoms with Crippen molar-refractivity contribution in [2.75, 3.05) is 13.1 Å². The van der Waals surface area contributed by atoms with Crippen LogP contribution in [-0.4, -0.2) is 18.2 Å². The largest absolute Gasteiger partial charge is 0.384 e. The molecule has 0 aromatic heterocycles. The van der Waals surface area contributed by atoms with Crippen LogP contribution in [0.4, 0.5) is 0 Å². The topological polar surface area (TPSA) is 32.3 Å². The summed E-state index contributed by atoms with van der Waals surface area (Å²) in [7, 11) is 0. The number of benzene rings is 1. The van der Waals surface area contributed by atoms with Gasteiger partial charge in [-0.25, -0.2) is 0 Å². The Morgan fingerprint density at radius 1 is 1.31 bits per heavy atom. The van der Waals surface area contributed by atoms with E-state index in [2.05, 4.69) is 11.4 Å². The maximum atomic E-state index is 10.3. The van der Waals surface area contributed by atoms with Gasteiger partial charge in [0.15, 0.2) is 0 Å². The molecular weight excluding hydrogens is 198 g/mol. The molecule has 1 aromatic rings. The van der Waals surface area contributed by atoms with Gasteiger partial charge in [0.2, 0.25) is 0 Å². The van der Waals surface area contributed by atoms with Gasteiger partial charge < -0.3 is 10.4 Å². The van der Waals surface area contributed by atoms with Crippen LogP contribution in [0.5, 0.6) is 0 Å². The van der Waals surface area contributed by atoms with Crippen LogP contribution < -0.4 is 5.32 Å². The summed E-state index contributed by atoms with van der Waals surface area (Å²) >= 11 is 0. The Morgan fingerprint density at radius 2 is 2.00 bits per heavy atom. The van der Waals surface area contributed by atoms with E-state index in [9.17, 15) is 5.11 Å². The monoisotopic (exact) mass is 219 g/mol. The maximum absolute atomic E-state index is 10.3. The fourth-order valence-corrected chi connectivity index (χ4v) is 1.58. The lowest BCUT2D eigenvalue weighted by Crippen LogP contribution is -2.35. The van der Waals surface area contributed by atoms with E-state index >= 15 is 0 Å². The van der Waals surface area contributed by atoms with Gasteiger partial charge in [-0.15, -0.1) is 0 Å². The van der Waals surface area contributed by atoms with Gasteiger partial charge in [0, 0.05) is 6.54 Å². The molecule has 0 aliphatic heterocycles. The van der Waals surface area contributed by atoms with Gasteiger partial charge in [-0.3, -0.25) is 0 Å². The van der Waals surface area contributed by atoms with Crippen LogP contribution in [0.15, 0.2) is 42.5 Å². The van der Waals surface area contributed by atoms with E-state index in [1.54, 1.807) is 0 Å². The van der Waals surface area contributed by atoms with Gasteiger partial charge in [-0.05, 0) is 32.4 Å². The quantitative estimate of drug-likeness (QED) is 0.569. The molecule has 0 saturated carbocycles. The molecule has 1 atom stereocenters. The maximum Gasteiger partial charge on any atom is 0.0992 e. The Bertz CT molecular complexity index is 317. The summed E-state index contributed by atoms with van der Waals surface area (Å²) in [5, 5.41) is 13.5. The first kappa shape index (κ1) is 12.9. The summed E-state index contributed by atoms with van der Waals surface area (Å²) in [6.45, 7) is 5.33. The smallest absolute Gasteiger partial charge is 0.0992 e. The van der Waals surface area contributed by atoms with Crippen molar-refractivity contribution in [3.63, 3.8) is 0 Å². The molecular formula is C14H21NO. The first-order valence-electron chi connectivity index (χ1n) is 5.76. The van der Waals surface area contributed by atoms with Crippen molar-refractivity contribution in [3.05, 3.63) is 48.0 Å². The second kappa shape index (κ2) is 6.46. The zero-order valence-electron chi connectivity index (χ0n) is 10.1. The summed E-state index contributed by atoms with van der Waals surface area (Å²) < 4.78 is 0. The number of hydrogen-bond donors (Lipinski definition) is 2. The third-order valence-corrected chi connectivity index (χ3v) is 2.59. The van der Waals surface area contributed by atoms with Crippen molar-refractivity contribution >= 4 is 0 Å². The average molecular weight is 219 g/mol. The molecule has 0 amide bonds. The van der Waals surface area contributed by atoms with Gasteiger partial charge >= 0.3 is 0 Å². The Morgan fingerprint density at radius 3 is 2.62 bits per heavy atom. The lowest BCUT2D eigenvalue weighted by atomic mass is 9.96. The van der Waals surface area contributed by atoms with Crippen molar-refractivity contribution in [3.8, 4) is 0 Å². The molecule has 88 valence electrons. The third-order valence-electron chi connectivity index (χ3n) is 2.59. The van der Waals surface area contributed by atoms with Crippen molar-refractivity contribution < 1.29 is 5.11 Å². The molecule has 0 fully saturated rings. The predicted octanol–water partition coefficient (Wildman–Crippen LogP) is 2.45. The normalized spacial score (nSPS) is 15.2. The number of hydrogen-bond acceptors (Lipinski definition) is 2. The van der Waals surface area contributed by atoms with E-state index in [4.69, 9.17) is 0 Å². The predicted molar refractivity (Wildman–Crippen MR) is 68.3 cm³/mol. The Kier molecular flexibility index (Phi) is 5.23. The molecule has 2 nitrogen and oxygen atoms in total. The van der Waals surface area contributed by atoms with E-state index in [-0.39, 0.29) is 0 Å². The molecule has 1 aromatic carbocycles. The number of nitrogens with one attached hydrogen (secondary N) is 1. The molecule has 1 unspecified atom stereocenters. The first-order valence-corrected chi connectivity index (χ1v) is 5.76. The van der Waals surface area contributed by atoms with Crippen molar-refractivity contribution in [2.24, 2.45) is 0 Å². The molecule has 0 radical (unpaired) electrons. The zero-order valence-corrected chi connectivity index (χ0v) is 10.1. The molecule has 16 heavy (non-hydrogen) atoms. The number of aliphatic hydroxyl groups is 1. The minimum Gasteiger partial charge on any atom is -0.384 e. The van der Waals surface area contributed by atoms with Crippen molar-refractivity contribution in [2.45, 2.75) is 25.9 Å². The van der Waals surface area contributed by atoms with Crippen LogP contribution in [-0.2, 0) is 5.60 Å². The highest BCUT2D eigenvalue weighted by molar-refractivity contribution is 5.21. The van der Waals surface area contributed by atoms with Crippen LogP contribution in [0.25, 0.3) is 0 Å². The summed E-state index contributed by atoms with van der Waals surface area (Å²) in [6, 6.07) is 9.76. The molecule has 0 bridgehead atoms. The third kappa shape index (κ3) is 4.17.